The standard InChI is InChI=1S/C6H6BrN/c7-5-3-1-2-4-6(5)8/h1-4H,8H2/p+1. The van der Waals surface area contributed by atoms with E-state index in [1.165, 1.54) is 0 Å². The number of halogens is 1. The second kappa shape index (κ2) is 2.29. The van der Waals surface area contributed by atoms with Gasteiger partial charge < -0.3 is 5.73 Å². The first kappa shape index (κ1) is 5.79. The van der Waals surface area contributed by atoms with Gasteiger partial charge in [-0.1, -0.05) is 12.1 Å². The molecule has 1 nitrogen and oxygen atoms in total. The van der Waals surface area contributed by atoms with Crippen LogP contribution in [0.3, 0.4) is 0 Å². The molecule has 0 spiro atoms. The van der Waals surface area contributed by atoms with Crippen molar-refractivity contribution >= 4 is 21.6 Å². The van der Waals surface area contributed by atoms with Crippen molar-refractivity contribution in [3.8, 4) is 0 Å². The fraction of sp³-hybridized carbons (Fsp3) is 0. The van der Waals surface area contributed by atoms with Crippen LogP contribution in [0.5, 0.6) is 0 Å². The summed E-state index contributed by atoms with van der Waals surface area (Å²) in [5.41, 5.74) is 4.81. The number of benzene rings is 1. The normalized spacial score (nSPS) is 9.25. The van der Waals surface area contributed by atoms with Gasteiger partial charge in [0.15, 0.2) is 0 Å². The molecule has 0 bridgehead atoms. The third-order valence-electron chi connectivity index (χ3n) is 0.958. The first-order chi connectivity index (χ1) is 3.80. The van der Waals surface area contributed by atoms with Crippen molar-refractivity contribution in [1.82, 2.24) is 0 Å². The SMILES string of the molecule is [NH3+]c1ccccc1Br. The summed E-state index contributed by atoms with van der Waals surface area (Å²) < 4.78 is 1.07. The Kier molecular flexibility index (Phi) is 1.65. The molecule has 0 aromatic heterocycles. The van der Waals surface area contributed by atoms with E-state index >= 15 is 0 Å². The fourth-order valence-corrected chi connectivity index (χ4v) is 0.783. The van der Waals surface area contributed by atoms with E-state index in [-0.39, 0.29) is 0 Å². The highest BCUT2D eigenvalue weighted by molar-refractivity contribution is 9.10. The van der Waals surface area contributed by atoms with Crippen molar-refractivity contribution in [2.24, 2.45) is 0 Å². The van der Waals surface area contributed by atoms with E-state index in [0.29, 0.717) is 0 Å². The molecule has 0 aliphatic carbocycles. The highest BCUT2D eigenvalue weighted by Crippen LogP contribution is 2.14. The molecule has 0 atom stereocenters. The second-order valence-corrected chi connectivity index (χ2v) is 2.45. The molecule has 1 rings (SSSR count). The molecular formula is C6H7BrN+. The van der Waals surface area contributed by atoms with Crippen LogP contribution >= 0.6 is 15.9 Å². The van der Waals surface area contributed by atoms with Crippen molar-refractivity contribution in [2.45, 2.75) is 0 Å². The van der Waals surface area contributed by atoms with Crippen molar-refractivity contribution < 1.29 is 5.73 Å². The molecule has 0 unspecified atom stereocenters. The van der Waals surface area contributed by atoms with Gasteiger partial charge in [-0.2, -0.15) is 0 Å². The zero-order valence-corrected chi connectivity index (χ0v) is 5.98. The number of hydrogen-bond acceptors (Lipinski definition) is 0. The summed E-state index contributed by atoms with van der Waals surface area (Å²) in [7, 11) is 0. The van der Waals surface area contributed by atoms with Gasteiger partial charge in [0.2, 0.25) is 0 Å². The summed E-state index contributed by atoms with van der Waals surface area (Å²) in [5.74, 6) is 0. The molecule has 0 saturated carbocycles. The van der Waals surface area contributed by atoms with Gasteiger partial charge in [0.05, 0.1) is 4.47 Å². The van der Waals surface area contributed by atoms with E-state index in [1.807, 2.05) is 24.3 Å². The van der Waals surface area contributed by atoms with E-state index in [2.05, 4.69) is 21.7 Å². The van der Waals surface area contributed by atoms with Crippen LogP contribution in [0.4, 0.5) is 5.69 Å². The van der Waals surface area contributed by atoms with Gasteiger partial charge in [-0.05, 0) is 22.0 Å². The average molecular weight is 173 g/mol. The third-order valence-corrected chi connectivity index (χ3v) is 1.73. The minimum Gasteiger partial charge on any atom is -0.324 e. The average Bonchev–Trinajstić information content (AvgIpc) is 1.77. The summed E-state index contributed by atoms with van der Waals surface area (Å²) in [6.07, 6.45) is 0. The zero-order chi connectivity index (χ0) is 5.98. The van der Waals surface area contributed by atoms with Gasteiger partial charge in [-0.15, -0.1) is 0 Å². The van der Waals surface area contributed by atoms with Crippen LogP contribution in [-0.2, 0) is 0 Å². The Bertz CT molecular complexity index is 165. The smallest absolute Gasteiger partial charge is 0.142 e. The highest BCUT2D eigenvalue weighted by Gasteiger charge is 1.91. The molecule has 0 fully saturated rings. The molecule has 8 heavy (non-hydrogen) atoms. The van der Waals surface area contributed by atoms with Crippen molar-refractivity contribution in [2.75, 3.05) is 0 Å². The van der Waals surface area contributed by atoms with Gasteiger partial charge in [-0.25, -0.2) is 0 Å². The van der Waals surface area contributed by atoms with E-state index < -0.39 is 0 Å². The molecule has 0 heterocycles. The largest absolute Gasteiger partial charge is 0.324 e. The number of quaternary nitrogens is 1. The topological polar surface area (TPSA) is 27.6 Å². The second-order valence-electron chi connectivity index (χ2n) is 1.59. The Labute approximate surface area is 56.6 Å². The first-order valence-corrected chi connectivity index (χ1v) is 3.16. The zero-order valence-electron chi connectivity index (χ0n) is 4.39. The Balaban J connectivity index is 3.13. The van der Waals surface area contributed by atoms with Crippen LogP contribution in [0.2, 0.25) is 0 Å². The summed E-state index contributed by atoms with van der Waals surface area (Å²) in [5, 5.41) is 0. The molecule has 0 amide bonds. The predicted octanol–water partition coefficient (Wildman–Crippen LogP) is 1.32. The quantitative estimate of drug-likeness (QED) is 0.612. The van der Waals surface area contributed by atoms with Crippen molar-refractivity contribution in [3.05, 3.63) is 28.7 Å². The molecule has 1 aromatic rings. The summed E-state index contributed by atoms with van der Waals surface area (Å²) >= 11 is 3.33. The van der Waals surface area contributed by atoms with Gasteiger partial charge in [0.25, 0.3) is 0 Å². The highest BCUT2D eigenvalue weighted by atomic mass is 79.9. The molecule has 3 N–H and O–H groups in total. The Morgan fingerprint density at radius 1 is 1.25 bits per heavy atom. The predicted molar refractivity (Wildman–Crippen MR) is 36.7 cm³/mol. The van der Waals surface area contributed by atoms with Crippen molar-refractivity contribution in [1.29, 1.82) is 0 Å². The Morgan fingerprint density at radius 2 is 1.88 bits per heavy atom. The Morgan fingerprint density at radius 3 is 2.25 bits per heavy atom. The summed E-state index contributed by atoms with van der Waals surface area (Å²) in [6, 6.07) is 7.87. The van der Waals surface area contributed by atoms with Crippen LogP contribution in [0.15, 0.2) is 28.7 Å². The number of rotatable bonds is 0. The monoisotopic (exact) mass is 172 g/mol. The van der Waals surface area contributed by atoms with E-state index in [9.17, 15) is 0 Å². The van der Waals surface area contributed by atoms with E-state index in [0.717, 1.165) is 10.2 Å². The van der Waals surface area contributed by atoms with Gasteiger partial charge in [0, 0.05) is 6.07 Å². The molecule has 0 radical (unpaired) electrons. The molecule has 0 aliphatic heterocycles. The van der Waals surface area contributed by atoms with Crippen LogP contribution < -0.4 is 5.73 Å². The van der Waals surface area contributed by atoms with Crippen LogP contribution in [0.25, 0.3) is 0 Å². The molecule has 0 saturated heterocycles. The van der Waals surface area contributed by atoms with E-state index in [4.69, 9.17) is 0 Å². The molecule has 1 aromatic carbocycles. The minimum absolute atomic E-state index is 1.03. The lowest BCUT2D eigenvalue weighted by Crippen LogP contribution is -2.40. The maximum absolute atomic E-state index is 3.77. The lowest BCUT2D eigenvalue weighted by molar-refractivity contribution is -0.255. The van der Waals surface area contributed by atoms with E-state index in [1.54, 1.807) is 0 Å². The van der Waals surface area contributed by atoms with Crippen LogP contribution in [0, 0.1) is 0 Å². The van der Waals surface area contributed by atoms with Crippen LogP contribution in [0.1, 0.15) is 0 Å². The van der Waals surface area contributed by atoms with Gasteiger partial charge in [0.1, 0.15) is 5.69 Å². The molecule has 2 heteroatoms. The van der Waals surface area contributed by atoms with Crippen LogP contribution in [-0.4, -0.2) is 0 Å². The van der Waals surface area contributed by atoms with Crippen molar-refractivity contribution in [3.63, 3.8) is 0 Å². The third kappa shape index (κ3) is 1.08. The van der Waals surface area contributed by atoms with Gasteiger partial charge >= 0.3 is 0 Å². The molecular weight excluding hydrogens is 166 g/mol. The summed E-state index contributed by atoms with van der Waals surface area (Å²) in [4.78, 5) is 0. The first-order valence-electron chi connectivity index (χ1n) is 2.37. The lowest BCUT2D eigenvalue weighted by Gasteiger charge is -1.87. The fourth-order valence-electron chi connectivity index (χ4n) is 0.498. The summed E-state index contributed by atoms with van der Waals surface area (Å²) in [6.45, 7) is 0. The maximum Gasteiger partial charge on any atom is 0.142 e. The Hall–Kier alpha value is -0.340. The lowest BCUT2D eigenvalue weighted by atomic mass is 10.3. The van der Waals surface area contributed by atoms with Gasteiger partial charge in [-0.3, -0.25) is 0 Å². The number of hydrogen-bond donors (Lipinski definition) is 1. The molecule has 42 valence electrons. The minimum atomic E-state index is 1.03. The maximum atomic E-state index is 3.77. The molecule has 0 aliphatic rings.